The number of nitrogens with two attached hydrogens (primary N) is 1. The molecule has 3 rings (SSSR count). The van der Waals surface area contributed by atoms with Gasteiger partial charge in [0.25, 0.3) is 11.8 Å². The molecule has 0 unspecified atom stereocenters. The van der Waals surface area contributed by atoms with E-state index in [1.165, 1.54) is 35.2 Å². The number of hydrogen-bond acceptors (Lipinski definition) is 4. The number of likely N-dealkylation sites (tertiary alicyclic amines) is 1. The van der Waals surface area contributed by atoms with Gasteiger partial charge in [0.1, 0.15) is 17.7 Å². The van der Waals surface area contributed by atoms with Crippen molar-refractivity contribution in [1.82, 2.24) is 10.2 Å². The van der Waals surface area contributed by atoms with E-state index in [4.69, 9.17) is 5.73 Å². The molecule has 0 saturated carbocycles. The van der Waals surface area contributed by atoms with Gasteiger partial charge >= 0.3 is 6.18 Å². The summed E-state index contributed by atoms with van der Waals surface area (Å²) in [6, 6.07) is 8.16. The molecule has 2 aromatic rings. The van der Waals surface area contributed by atoms with E-state index in [0.29, 0.717) is 35.6 Å². The number of carbonyl (C=O) groups excluding carboxylic acids is 2. The van der Waals surface area contributed by atoms with Crippen molar-refractivity contribution in [2.24, 2.45) is 10.7 Å². The van der Waals surface area contributed by atoms with E-state index < -0.39 is 41.3 Å². The minimum absolute atomic E-state index is 0.226. The zero-order chi connectivity index (χ0) is 26.6. The number of allylic oxidation sites excluding steroid dienone is 1. The summed E-state index contributed by atoms with van der Waals surface area (Å²) < 4.78 is 53.3. The number of alkyl halides is 3. The Morgan fingerprint density at radius 1 is 1.14 bits per heavy atom. The van der Waals surface area contributed by atoms with Crippen molar-refractivity contribution in [2.75, 3.05) is 13.1 Å². The summed E-state index contributed by atoms with van der Waals surface area (Å²) in [7, 11) is 0. The molecule has 2 aromatic carbocycles. The van der Waals surface area contributed by atoms with Gasteiger partial charge in [-0.1, -0.05) is 25.1 Å². The molecule has 1 fully saturated rings. The summed E-state index contributed by atoms with van der Waals surface area (Å²) in [5.41, 5.74) is 6.38. The lowest BCUT2D eigenvalue weighted by molar-refractivity contribution is -0.137. The summed E-state index contributed by atoms with van der Waals surface area (Å²) in [4.78, 5) is 32.7. The fourth-order valence-electron chi connectivity index (χ4n) is 4.22. The fourth-order valence-corrected chi connectivity index (χ4v) is 4.22. The number of nitrogens with one attached hydrogen (secondary N) is 1. The van der Waals surface area contributed by atoms with Crippen LogP contribution >= 0.6 is 0 Å². The normalized spacial score (nSPS) is 21.0. The van der Waals surface area contributed by atoms with Gasteiger partial charge in [-0.25, -0.2) is 4.39 Å². The van der Waals surface area contributed by atoms with E-state index >= 15 is 0 Å². The van der Waals surface area contributed by atoms with Crippen molar-refractivity contribution in [2.45, 2.75) is 45.3 Å². The van der Waals surface area contributed by atoms with Crippen molar-refractivity contribution in [1.29, 1.82) is 0 Å². The molecule has 192 valence electrons. The van der Waals surface area contributed by atoms with E-state index in [1.54, 1.807) is 13.8 Å². The van der Waals surface area contributed by atoms with Gasteiger partial charge in [0.2, 0.25) is 0 Å². The molecule has 0 aromatic heterocycles. The van der Waals surface area contributed by atoms with E-state index in [-0.39, 0.29) is 12.1 Å². The number of hydrogen-bond donors (Lipinski definition) is 2. The fraction of sp³-hybridized carbons (Fsp3) is 0.346. The Hall–Kier alpha value is -3.69. The lowest BCUT2D eigenvalue weighted by Crippen LogP contribution is -2.59. The van der Waals surface area contributed by atoms with E-state index in [2.05, 4.69) is 10.3 Å². The second kappa shape index (κ2) is 10.9. The summed E-state index contributed by atoms with van der Waals surface area (Å²) in [5, 5.41) is 2.62. The maximum absolute atomic E-state index is 13.7. The second-order valence-electron chi connectivity index (χ2n) is 8.44. The number of rotatable bonds is 6. The standard InChI is InChI=1S/C26H28F4N4O2/c1-4-13-32-23-20(15(3)31)21(16-9-11-19(27)12-10-16)22(25(36)34(23)5-2)33-24(35)17-7-6-8-18(14-17)26(28,29)30/h6-12,14,21-22H,4-5,13,31H2,1-3H3,(H,33,35)/b20-15-,32-23?/t21-,22-/m0/s1. The lowest BCUT2D eigenvalue weighted by Gasteiger charge is -2.41. The Labute approximate surface area is 206 Å². The van der Waals surface area contributed by atoms with Crippen LogP contribution in [-0.2, 0) is 11.0 Å². The molecule has 0 aliphatic carbocycles. The van der Waals surface area contributed by atoms with Gasteiger partial charge in [0.05, 0.1) is 5.56 Å². The SMILES string of the molecule is CCCN=C1/C(=C(/C)N)[C@H](c2ccc(F)cc2)[C@H](NC(=O)c2cccc(C(F)(F)F)c2)C(=O)N1CC. The predicted octanol–water partition coefficient (Wildman–Crippen LogP) is 4.63. The highest BCUT2D eigenvalue weighted by Gasteiger charge is 2.45. The highest BCUT2D eigenvalue weighted by Crippen LogP contribution is 2.37. The van der Waals surface area contributed by atoms with Crippen molar-refractivity contribution < 1.29 is 27.2 Å². The lowest BCUT2D eigenvalue weighted by atomic mass is 9.79. The number of likely N-dealkylation sites (N-methyl/N-ethyl adjacent to an activating group) is 1. The highest BCUT2D eigenvalue weighted by molar-refractivity contribution is 6.15. The Kier molecular flexibility index (Phi) is 8.17. The van der Waals surface area contributed by atoms with Crippen LogP contribution < -0.4 is 11.1 Å². The average molecular weight is 505 g/mol. The molecule has 3 N–H and O–H groups in total. The molecule has 36 heavy (non-hydrogen) atoms. The second-order valence-corrected chi connectivity index (χ2v) is 8.44. The Morgan fingerprint density at radius 3 is 2.36 bits per heavy atom. The van der Waals surface area contributed by atoms with Crippen molar-refractivity contribution in [3.05, 3.63) is 82.3 Å². The first-order valence-electron chi connectivity index (χ1n) is 11.6. The zero-order valence-corrected chi connectivity index (χ0v) is 20.2. The first-order valence-corrected chi connectivity index (χ1v) is 11.6. The molecule has 2 atom stereocenters. The molecule has 2 amide bonds. The summed E-state index contributed by atoms with van der Waals surface area (Å²) in [6.45, 7) is 5.96. The zero-order valence-electron chi connectivity index (χ0n) is 20.2. The molecule has 0 spiro atoms. The van der Waals surface area contributed by atoms with Crippen LogP contribution in [0.1, 0.15) is 54.6 Å². The predicted molar refractivity (Wildman–Crippen MR) is 129 cm³/mol. The minimum atomic E-state index is -4.64. The number of piperidine rings is 1. The molecule has 10 heteroatoms. The molecule has 0 radical (unpaired) electrons. The molecule has 1 aliphatic heterocycles. The largest absolute Gasteiger partial charge is 0.416 e. The van der Waals surface area contributed by atoms with E-state index in [0.717, 1.165) is 18.2 Å². The Balaban J connectivity index is 2.13. The number of carbonyl (C=O) groups is 2. The number of benzene rings is 2. The van der Waals surface area contributed by atoms with Crippen LogP contribution in [-0.4, -0.2) is 41.7 Å². The van der Waals surface area contributed by atoms with Gasteiger partial charge in [0.15, 0.2) is 0 Å². The summed E-state index contributed by atoms with van der Waals surface area (Å²) >= 11 is 0. The topological polar surface area (TPSA) is 87.8 Å². The van der Waals surface area contributed by atoms with Gasteiger partial charge in [-0.2, -0.15) is 13.2 Å². The number of amides is 2. The number of halogens is 4. The third-order valence-electron chi connectivity index (χ3n) is 5.87. The van der Waals surface area contributed by atoms with E-state index in [9.17, 15) is 27.2 Å². The Bertz CT molecular complexity index is 1190. The van der Waals surface area contributed by atoms with Crippen LogP contribution in [0.5, 0.6) is 0 Å². The van der Waals surface area contributed by atoms with E-state index in [1.807, 2.05) is 6.92 Å². The van der Waals surface area contributed by atoms with Crippen molar-refractivity contribution in [3.63, 3.8) is 0 Å². The first-order chi connectivity index (χ1) is 17.0. The molecular formula is C26H28F4N4O2. The Morgan fingerprint density at radius 2 is 1.81 bits per heavy atom. The van der Waals surface area contributed by atoms with Crippen LogP contribution in [0.3, 0.4) is 0 Å². The van der Waals surface area contributed by atoms with Gasteiger partial charge in [0, 0.05) is 35.8 Å². The van der Waals surface area contributed by atoms with Crippen LogP contribution in [0.4, 0.5) is 17.6 Å². The van der Waals surface area contributed by atoms with Crippen molar-refractivity contribution in [3.8, 4) is 0 Å². The van der Waals surface area contributed by atoms with Gasteiger partial charge in [-0.15, -0.1) is 0 Å². The molecule has 1 heterocycles. The monoisotopic (exact) mass is 504 g/mol. The third-order valence-corrected chi connectivity index (χ3v) is 5.87. The minimum Gasteiger partial charge on any atom is -0.402 e. The third kappa shape index (κ3) is 5.58. The number of amidine groups is 1. The maximum atomic E-state index is 13.7. The van der Waals surface area contributed by atoms with Gasteiger partial charge < -0.3 is 11.1 Å². The number of nitrogens with zero attached hydrogens (tertiary/aromatic N) is 2. The smallest absolute Gasteiger partial charge is 0.402 e. The first kappa shape index (κ1) is 26.9. The number of aliphatic imine (C=N–C) groups is 1. The molecular weight excluding hydrogens is 476 g/mol. The summed E-state index contributed by atoms with van der Waals surface area (Å²) in [5.74, 6) is -2.31. The highest BCUT2D eigenvalue weighted by atomic mass is 19.4. The van der Waals surface area contributed by atoms with Crippen molar-refractivity contribution >= 4 is 17.6 Å². The van der Waals surface area contributed by atoms with Crippen LogP contribution in [0, 0.1) is 5.82 Å². The molecule has 1 aliphatic rings. The summed E-state index contributed by atoms with van der Waals surface area (Å²) in [6.07, 6.45) is -3.92. The van der Waals surface area contributed by atoms with Gasteiger partial charge in [-0.05, 0) is 56.2 Å². The quantitative estimate of drug-likeness (QED) is 0.563. The average Bonchev–Trinajstić information content (AvgIpc) is 2.83. The van der Waals surface area contributed by atoms with Crippen LogP contribution in [0.15, 0.2) is 64.8 Å². The van der Waals surface area contributed by atoms with Gasteiger partial charge in [-0.3, -0.25) is 19.5 Å². The molecule has 6 nitrogen and oxygen atoms in total. The molecule has 0 bridgehead atoms. The molecule has 1 saturated heterocycles. The van der Waals surface area contributed by atoms with Crippen LogP contribution in [0.2, 0.25) is 0 Å². The van der Waals surface area contributed by atoms with Crippen LogP contribution in [0.25, 0.3) is 0 Å². The maximum Gasteiger partial charge on any atom is 0.416 e.